The van der Waals surface area contributed by atoms with Crippen molar-refractivity contribution in [2.45, 2.75) is 50.0 Å². The Hall–Kier alpha value is -0.730. The first-order chi connectivity index (χ1) is 9.23. The van der Waals surface area contributed by atoms with Gasteiger partial charge in [0.1, 0.15) is 5.75 Å². The Morgan fingerprint density at radius 2 is 2.05 bits per heavy atom. The molecule has 0 spiro atoms. The Morgan fingerprint density at radius 1 is 1.32 bits per heavy atom. The van der Waals surface area contributed by atoms with Crippen LogP contribution in [0.3, 0.4) is 0 Å². The van der Waals surface area contributed by atoms with Gasteiger partial charge in [-0.2, -0.15) is 0 Å². The minimum absolute atomic E-state index is 0.221. The van der Waals surface area contributed by atoms with Crippen LogP contribution in [0.1, 0.15) is 44.1 Å². The molecule has 0 radical (unpaired) electrons. The third-order valence-corrected chi connectivity index (χ3v) is 4.84. The van der Waals surface area contributed by atoms with Crippen molar-refractivity contribution in [3.63, 3.8) is 0 Å². The molecule has 2 fully saturated rings. The second-order valence-electron chi connectivity index (χ2n) is 5.99. The molecule has 0 atom stereocenters. The highest BCUT2D eigenvalue weighted by Crippen LogP contribution is 2.45. The molecule has 19 heavy (non-hydrogen) atoms. The Labute approximate surface area is 120 Å². The summed E-state index contributed by atoms with van der Waals surface area (Å²) in [5.41, 5.74) is 1.52. The van der Waals surface area contributed by atoms with Gasteiger partial charge in [-0.25, -0.2) is 0 Å². The molecule has 2 aliphatic carbocycles. The smallest absolute Gasteiger partial charge is 0.122 e. The van der Waals surface area contributed by atoms with Crippen LogP contribution in [0.2, 0.25) is 5.02 Å². The number of hydrogen-bond acceptors (Lipinski definition) is 2. The van der Waals surface area contributed by atoms with Crippen LogP contribution in [0.5, 0.6) is 5.75 Å². The lowest BCUT2D eigenvalue weighted by Crippen LogP contribution is -2.37. The monoisotopic (exact) mass is 279 g/mol. The van der Waals surface area contributed by atoms with E-state index in [4.69, 9.17) is 16.3 Å². The average Bonchev–Trinajstić information content (AvgIpc) is 3.14. The lowest BCUT2D eigenvalue weighted by molar-refractivity contribution is 0.360. The maximum Gasteiger partial charge on any atom is 0.122 e. The number of methoxy groups -OCH3 is 1. The molecule has 104 valence electrons. The molecule has 3 heteroatoms. The molecule has 2 saturated carbocycles. The summed E-state index contributed by atoms with van der Waals surface area (Å²) in [6.07, 6.45) is 7.77. The van der Waals surface area contributed by atoms with E-state index in [1.165, 1.54) is 44.1 Å². The third kappa shape index (κ3) is 2.75. The number of rotatable bonds is 5. The Morgan fingerprint density at radius 3 is 2.68 bits per heavy atom. The fourth-order valence-corrected chi connectivity index (χ4v) is 3.49. The van der Waals surface area contributed by atoms with Crippen molar-refractivity contribution in [2.24, 2.45) is 0 Å². The summed E-state index contributed by atoms with van der Waals surface area (Å²) in [5.74, 6) is 0.990. The van der Waals surface area contributed by atoms with Crippen LogP contribution in [0, 0.1) is 0 Å². The first-order valence-electron chi connectivity index (χ1n) is 7.31. The normalized spacial score (nSPS) is 21.6. The first kappa shape index (κ1) is 13.3. The van der Waals surface area contributed by atoms with E-state index in [-0.39, 0.29) is 5.41 Å². The molecular weight excluding hydrogens is 258 g/mol. The molecule has 0 aromatic heterocycles. The van der Waals surface area contributed by atoms with Crippen LogP contribution in [-0.4, -0.2) is 19.7 Å². The third-order valence-electron chi connectivity index (χ3n) is 4.60. The molecule has 0 amide bonds. The number of hydrogen-bond donors (Lipinski definition) is 1. The maximum atomic E-state index is 6.21. The minimum atomic E-state index is 0.221. The summed E-state index contributed by atoms with van der Waals surface area (Å²) in [6.45, 7) is 1.06. The predicted octanol–water partition coefficient (Wildman–Crippen LogP) is 3.91. The first-order valence-corrected chi connectivity index (χ1v) is 7.69. The van der Waals surface area contributed by atoms with Crippen molar-refractivity contribution in [1.29, 1.82) is 0 Å². The molecular formula is C16H22ClNO. The average molecular weight is 280 g/mol. The van der Waals surface area contributed by atoms with Gasteiger partial charge in [-0.1, -0.05) is 24.4 Å². The van der Waals surface area contributed by atoms with Gasteiger partial charge in [0.2, 0.25) is 0 Å². The van der Waals surface area contributed by atoms with E-state index in [2.05, 4.69) is 11.4 Å². The quantitative estimate of drug-likeness (QED) is 0.882. The van der Waals surface area contributed by atoms with Crippen LogP contribution in [-0.2, 0) is 5.41 Å². The maximum absolute atomic E-state index is 6.21. The van der Waals surface area contributed by atoms with Gasteiger partial charge in [-0.3, -0.25) is 0 Å². The van der Waals surface area contributed by atoms with Crippen LogP contribution in [0.25, 0.3) is 0 Å². The number of halogens is 1. The molecule has 2 nitrogen and oxygen atoms in total. The van der Waals surface area contributed by atoms with Crippen molar-refractivity contribution < 1.29 is 4.74 Å². The zero-order valence-corrected chi connectivity index (χ0v) is 12.3. The van der Waals surface area contributed by atoms with Crippen LogP contribution in [0.15, 0.2) is 18.2 Å². The highest BCUT2D eigenvalue weighted by molar-refractivity contribution is 6.30. The summed E-state index contributed by atoms with van der Waals surface area (Å²) < 4.78 is 5.57. The molecule has 0 aliphatic heterocycles. The number of nitrogens with one attached hydrogen (secondary N) is 1. The highest BCUT2D eigenvalue weighted by Gasteiger charge is 2.39. The van der Waals surface area contributed by atoms with Crippen molar-refractivity contribution in [1.82, 2.24) is 5.32 Å². The molecule has 1 aromatic carbocycles. The Bertz CT molecular complexity index is 450. The van der Waals surface area contributed by atoms with Gasteiger partial charge < -0.3 is 10.1 Å². The SMILES string of the molecule is COc1ccc(Cl)cc1C1(CNC2CC2)CCCC1. The molecule has 0 heterocycles. The molecule has 1 N–H and O–H groups in total. The largest absolute Gasteiger partial charge is 0.496 e. The van der Waals surface area contributed by atoms with Crippen molar-refractivity contribution >= 4 is 11.6 Å². The topological polar surface area (TPSA) is 21.3 Å². The van der Waals surface area contributed by atoms with E-state index in [0.717, 1.165) is 23.4 Å². The molecule has 0 unspecified atom stereocenters. The van der Waals surface area contributed by atoms with Crippen LogP contribution >= 0.6 is 11.6 Å². The molecule has 2 aliphatic rings. The van der Waals surface area contributed by atoms with Crippen molar-refractivity contribution in [3.8, 4) is 5.75 Å². The molecule has 0 saturated heterocycles. The Kier molecular flexibility index (Phi) is 3.72. The Balaban J connectivity index is 1.91. The van der Waals surface area contributed by atoms with Crippen LogP contribution < -0.4 is 10.1 Å². The predicted molar refractivity (Wildman–Crippen MR) is 79.2 cm³/mol. The van der Waals surface area contributed by atoms with Gasteiger partial charge in [0.25, 0.3) is 0 Å². The fourth-order valence-electron chi connectivity index (χ4n) is 3.31. The molecule has 0 bridgehead atoms. The van der Waals surface area contributed by atoms with Gasteiger partial charge >= 0.3 is 0 Å². The summed E-state index contributed by atoms with van der Waals surface area (Å²) in [5, 5.41) is 4.52. The summed E-state index contributed by atoms with van der Waals surface area (Å²) in [7, 11) is 1.75. The van der Waals surface area contributed by atoms with Gasteiger partial charge in [0, 0.05) is 28.6 Å². The van der Waals surface area contributed by atoms with E-state index in [1.807, 2.05) is 12.1 Å². The summed E-state index contributed by atoms with van der Waals surface area (Å²) in [6, 6.07) is 6.79. The lowest BCUT2D eigenvalue weighted by atomic mass is 9.78. The van der Waals surface area contributed by atoms with E-state index < -0.39 is 0 Å². The van der Waals surface area contributed by atoms with E-state index in [0.29, 0.717) is 0 Å². The van der Waals surface area contributed by atoms with Gasteiger partial charge in [0.05, 0.1) is 7.11 Å². The highest BCUT2D eigenvalue weighted by atomic mass is 35.5. The number of ether oxygens (including phenoxy) is 1. The van der Waals surface area contributed by atoms with E-state index >= 15 is 0 Å². The second kappa shape index (κ2) is 5.34. The zero-order valence-electron chi connectivity index (χ0n) is 11.5. The van der Waals surface area contributed by atoms with Gasteiger partial charge in [-0.15, -0.1) is 0 Å². The van der Waals surface area contributed by atoms with Crippen molar-refractivity contribution in [2.75, 3.05) is 13.7 Å². The van der Waals surface area contributed by atoms with Crippen molar-refractivity contribution in [3.05, 3.63) is 28.8 Å². The van der Waals surface area contributed by atoms with Gasteiger partial charge in [-0.05, 0) is 43.9 Å². The zero-order chi connectivity index (χ0) is 13.3. The van der Waals surface area contributed by atoms with E-state index in [9.17, 15) is 0 Å². The summed E-state index contributed by atoms with van der Waals surface area (Å²) in [4.78, 5) is 0. The lowest BCUT2D eigenvalue weighted by Gasteiger charge is -2.31. The summed E-state index contributed by atoms with van der Waals surface area (Å²) >= 11 is 6.21. The van der Waals surface area contributed by atoms with E-state index in [1.54, 1.807) is 7.11 Å². The number of benzene rings is 1. The molecule has 3 rings (SSSR count). The second-order valence-corrected chi connectivity index (χ2v) is 6.42. The fraction of sp³-hybridized carbons (Fsp3) is 0.625. The minimum Gasteiger partial charge on any atom is -0.496 e. The standard InChI is InChI=1S/C16H22ClNO/c1-19-15-7-4-12(17)10-14(15)16(8-2-3-9-16)11-18-13-5-6-13/h4,7,10,13,18H,2-3,5-6,8-9,11H2,1H3. The van der Waals surface area contributed by atoms with Crippen LogP contribution in [0.4, 0.5) is 0 Å². The van der Waals surface area contributed by atoms with Gasteiger partial charge in [0.15, 0.2) is 0 Å². The molecule has 1 aromatic rings.